The maximum absolute atomic E-state index is 14.5. The van der Waals surface area contributed by atoms with Gasteiger partial charge in [-0.1, -0.05) is 13.8 Å². The summed E-state index contributed by atoms with van der Waals surface area (Å²) in [6.07, 6.45) is 3.26. The fourth-order valence-corrected chi connectivity index (χ4v) is 5.22. The van der Waals surface area contributed by atoms with Gasteiger partial charge in [-0.15, -0.1) is 0 Å². The van der Waals surface area contributed by atoms with E-state index in [1.54, 1.807) is 13.8 Å². The van der Waals surface area contributed by atoms with Gasteiger partial charge in [0.15, 0.2) is 0 Å². The number of nitrogens with zero attached hydrogens (tertiary/aromatic N) is 1. The number of carbonyl (C=O) groups excluding carboxylic acids is 1. The SMILES string of the molecule is CCNC(=O)C1=NCC(c2cc(C(C)C)c(C)cc2O)=C1C1CCC(C(C)(C)F)CC1. The van der Waals surface area contributed by atoms with Crippen molar-refractivity contribution < 1.29 is 14.3 Å². The quantitative estimate of drug-likeness (QED) is 0.608. The lowest BCUT2D eigenvalue weighted by Gasteiger charge is -2.35. The van der Waals surface area contributed by atoms with Crippen molar-refractivity contribution in [2.45, 2.75) is 78.8 Å². The van der Waals surface area contributed by atoms with E-state index in [0.29, 0.717) is 24.7 Å². The molecule has 0 saturated heterocycles. The summed E-state index contributed by atoms with van der Waals surface area (Å²) in [5.41, 5.74) is 4.24. The van der Waals surface area contributed by atoms with Gasteiger partial charge >= 0.3 is 0 Å². The van der Waals surface area contributed by atoms with Gasteiger partial charge in [-0.2, -0.15) is 0 Å². The lowest BCUT2D eigenvalue weighted by atomic mass is 9.71. The van der Waals surface area contributed by atoms with Gasteiger partial charge in [0.05, 0.1) is 6.54 Å². The van der Waals surface area contributed by atoms with Crippen LogP contribution in [0.1, 0.15) is 82.9 Å². The highest BCUT2D eigenvalue weighted by molar-refractivity contribution is 6.47. The van der Waals surface area contributed by atoms with Gasteiger partial charge in [0.2, 0.25) is 0 Å². The first-order chi connectivity index (χ1) is 14.5. The number of nitrogens with one attached hydrogen (secondary N) is 1. The Morgan fingerprint density at radius 1 is 1.26 bits per heavy atom. The molecule has 1 aliphatic heterocycles. The van der Waals surface area contributed by atoms with Crippen molar-refractivity contribution in [3.8, 4) is 5.75 Å². The van der Waals surface area contributed by atoms with Crippen molar-refractivity contribution in [1.82, 2.24) is 5.32 Å². The Balaban J connectivity index is 2.04. The number of aliphatic imine (C=N–C) groups is 1. The zero-order chi connectivity index (χ0) is 22.9. The second kappa shape index (κ2) is 9.13. The number of phenols is 1. The Morgan fingerprint density at radius 2 is 1.90 bits per heavy atom. The van der Waals surface area contributed by atoms with Gasteiger partial charge in [-0.25, -0.2) is 4.39 Å². The third-order valence-electron chi connectivity index (χ3n) is 6.97. The van der Waals surface area contributed by atoms with Crippen LogP contribution in [0.5, 0.6) is 5.75 Å². The van der Waals surface area contributed by atoms with E-state index in [1.807, 2.05) is 19.9 Å². The molecule has 3 rings (SSSR count). The topological polar surface area (TPSA) is 61.7 Å². The number of hydrogen-bond donors (Lipinski definition) is 2. The van der Waals surface area contributed by atoms with Crippen molar-refractivity contribution in [1.29, 1.82) is 0 Å². The Labute approximate surface area is 186 Å². The molecule has 1 fully saturated rings. The van der Waals surface area contributed by atoms with Gasteiger partial charge in [0.1, 0.15) is 17.1 Å². The number of carbonyl (C=O) groups is 1. The molecule has 5 heteroatoms. The standard InChI is InChI=1S/C26H37FN2O2/c1-7-28-25(31)24-23(17-8-10-18(11-9-17)26(5,6)27)21(14-29-24)20-13-19(15(2)3)16(4)12-22(20)30/h12-13,15,17-18,30H,7-11,14H2,1-6H3,(H,28,31). The number of amides is 1. The molecule has 31 heavy (non-hydrogen) atoms. The van der Waals surface area contributed by atoms with Gasteiger partial charge in [0.25, 0.3) is 5.91 Å². The molecule has 0 atom stereocenters. The monoisotopic (exact) mass is 428 g/mol. The first-order valence-electron chi connectivity index (χ1n) is 11.6. The van der Waals surface area contributed by atoms with Crippen LogP contribution in [-0.2, 0) is 4.79 Å². The maximum Gasteiger partial charge on any atom is 0.269 e. The minimum absolute atomic E-state index is 0.0411. The summed E-state index contributed by atoms with van der Waals surface area (Å²) in [5.74, 6) is 0.604. The zero-order valence-electron chi connectivity index (χ0n) is 19.8. The second-order valence-electron chi connectivity index (χ2n) is 9.91. The van der Waals surface area contributed by atoms with E-state index >= 15 is 0 Å². The smallest absolute Gasteiger partial charge is 0.269 e. The number of phenolic OH excluding ortho intramolecular Hbond substituents is 1. The van der Waals surface area contributed by atoms with Crippen LogP contribution in [0.3, 0.4) is 0 Å². The normalized spacial score (nSPS) is 22.1. The van der Waals surface area contributed by atoms with Crippen molar-refractivity contribution in [3.63, 3.8) is 0 Å². The molecule has 0 radical (unpaired) electrons. The van der Waals surface area contributed by atoms with Crippen molar-refractivity contribution in [2.24, 2.45) is 16.8 Å². The minimum Gasteiger partial charge on any atom is -0.507 e. The molecule has 1 amide bonds. The van der Waals surface area contributed by atoms with Crippen LogP contribution in [0.2, 0.25) is 0 Å². The summed E-state index contributed by atoms with van der Waals surface area (Å²) in [4.78, 5) is 17.4. The molecule has 0 aromatic heterocycles. The molecule has 170 valence electrons. The minimum atomic E-state index is -1.18. The van der Waals surface area contributed by atoms with E-state index in [-0.39, 0.29) is 23.5 Å². The van der Waals surface area contributed by atoms with E-state index < -0.39 is 5.67 Å². The number of hydrogen-bond acceptors (Lipinski definition) is 3. The molecule has 1 aromatic rings. The third-order valence-corrected chi connectivity index (χ3v) is 6.97. The second-order valence-corrected chi connectivity index (χ2v) is 9.91. The molecule has 0 bridgehead atoms. The van der Waals surface area contributed by atoms with E-state index in [9.17, 15) is 14.3 Å². The molecule has 1 aliphatic carbocycles. The fourth-order valence-electron chi connectivity index (χ4n) is 5.22. The van der Waals surface area contributed by atoms with Crippen LogP contribution in [0.15, 0.2) is 22.7 Å². The summed E-state index contributed by atoms with van der Waals surface area (Å²) in [6, 6.07) is 3.89. The Kier molecular flexibility index (Phi) is 6.92. The summed E-state index contributed by atoms with van der Waals surface area (Å²) < 4.78 is 14.5. The highest BCUT2D eigenvalue weighted by Gasteiger charge is 2.38. The predicted molar refractivity (Wildman–Crippen MR) is 125 cm³/mol. The van der Waals surface area contributed by atoms with E-state index in [4.69, 9.17) is 0 Å². The zero-order valence-corrected chi connectivity index (χ0v) is 19.8. The molecule has 1 saturated carbocycles. The summed E-state index contributed by atoms with van der Waals surface area (Å²) >= 11 is 0. The van der Waals surface area contributed by atoms with Crippen molar-refractivity contribution in [3.05, 3.63) is 34.4 Å². The maximum atomic E-state index is 14.5. The molecular formula is C26H37FN2O2. The Bertz CT molecular complexity index is 901. The van der Waals surface area contributed by atoms with Crippen LogP contribution < -0.4 is 5.32 Å². The predicted octanol–water partition coefficient (Wildman–Crippen LogP) is 5.72. The van der Waals surface area contributed by atoms with E-state index in [1.165, 1.54) is 5.56 Å². The number of rotatable bonds is 6. The highest BCUT2D eigenvalue weighted by atomic mass is 19.1. The average molecular weight is 429 g/mol. The summed E-state index contributed by atoms with van der Waals surface area (Å²) in [7, 11) is 0. The molecule has 0 spiro atoms. The molecule has 1 heterocycles. The van der Waals surface area contributed by atoms with Gasteiger partial charge in [0, 0.05) is 12.1 Å². The average Bonchev–Trinajstić information content (AvgIpc) is 3.12. The number of aryl methyl sites for hydroxylation is 1. The summed E-state index contributed by atoms with van der Waals surface area (Å²) in [5, 5.41) is 13.7. The lowest BCUT2D eigenvalue weighted by Crippen LogP contribution is -2.35. The number of halogens is 1. The molecule has 1 aromatic carbocycles. The fraction of sp³-hybridized carbons (Fsp3) is 0.615. The molecular weight excluding hydrogens is 391 g/mol. The van der Waals surface area contributed by atoms with Crippen LogP contribution >= 0.6 is 0 Å². The van der Waals surface area contributed by atoms with Gasteiger partial charge in [-0.3, -0.25) is 9.79 Å². The van der Waals surface area contributed by atoms with E-state index in [0.717, 1.165) is 48.0 Å². The van der Waals surface area contributed by atoms with Gasteiger partial charge in [-0.05, 0) is 106 Å². The highest BCUT2D eigenvalue weighted by Crippen LogP contribution is 2.44. The largest absolute Gasteiger partial charge is 0.507 e. The van der Waals surface area contributed by atoms with Crippen LogP contribution in [0.4, 0.5) is 4.39 Å². The lowest BCUT2D eigenvalue weighted by molar-refractivity contribution is -0.114. The first-order valence-corrected chi connectivity index (χ1v) is 11.6. The Morgan fingerprint density at radius 3 is 2.45 bits per heavy atom. The van der Waals surface area contributed by atoms with Gasteiger partial charge < -0.3 is 10.4 Å². The van der Waals surface area contributed by atoms with E-state index in [2.05, 4.69) is 30.2 Å². The Hall–Kier alpha value is -2.17. The van der Waals surface area contributed by atoms with Crippen LogP contribution in [0.25, 0.3) is 5.57 Å². The number of alkyl halides is 1. The first kappa shape index (κ1) is 23.5. The summed E-state index contributed by atoms with van der Waals surface area (Å²) in [6.45, 7) is 12.5. The van der Waals surface area contributed by atoms with Crippen LogP contribution in [0, 0.1) is 18.8 Å². The molecule has 4 nitrogen and oxygen atoms in total. The molecule has 2 N–H and O–H groups in total. The van der Waals surface area contributed by atoms with Crippen molar-refractivity contribution >= 4 is 17.2 Å². The van der Waals surface area contributed by atoms with Crippen LogP contribution in [-0.4, -0.2) is 35.5 Å². The number of benzene rings is 1. The molecule has 2 aliphatic rings. The molecule has 0 unspecified atom stereocenters. The third kappa shape index (κ3) is 4.86. The van der Waals surface area contributed by atoms with Crippen molar-refractivity contribution in [2.75, 3.05) is 13.1 Å². The number of aromatic hydroxyl groups is 1.